The number of fused-ring (bicyclic) bond motifs is 1. The van der Waals surface area contributed by atoms with Crippen molar-refractivity contribution in [1.29, 1.82) is 0 Å². The molecule has 0 bridgehead atoms. The first-order valence-corrected chi connectivity index (χ1v) is 12.1. The van der Waals surface area contributed by atoms with E-state index in [4.69, 9.17) is 0 Å². The number of hydrogen-bond acceptors (Lipinski definition) is 2. The van der Waals surface area contributed by atoms with E-state index >= 15 is 0 Å². The van der Waals surface area contributed by atoms with Crippen LogP contribution < -0.4 is 10.7 Å². The monoisotopic (exact) mass is 462 g/mol. The van der Waals surface area contributed by atoms with Crippen molar-refractivity contribution < 1.29 is 18.6 Å². The summed E-state index contributed by atoms with van der Waals surface area (Å²) < 4.78 is 14.1. The van der Waals surface area contributed by atoms with E-state index in [2.05, 4.69) is 10.7 Å². The predicted octanol–water partition coefficient (Wildman–Crippen LogP) is 4.97. The topological polar surface area (TPSA) is 58.2 Å². The van der Waals surface area contributed by atoms with Crippen LogP contribution in [-0.4, -0.2) is 35.5 Å². The lowest BCUT2D eigenvalue weighted by atomic mass is 10.0. The molecular formula is C28H33FN3O2+. The number of halogens is 1. The zero-order chi connectivity index (χ0) is 24.1. The SMILES string of the molecule is CC(C)C[C@H](NC(=O)c1ccc2ccccc2c1)C(=O)N[N+]1(Cc2cccc(F)c2)CCCC1. The van der Waals surface area contributed by atoms with Crippen LogP contribution in [-0.2, 0) is 11.3 Å². The highest BCUT2D eigenvalue weighted by Gasteiger charge is 2.37. The molecule has 0 aliphatic carbocycles. The fourth-order valence-corrected chi connectivity index (χ4v) is 4.82. The maximum absolute atomic E-state index is 13.8. The summed E-state index contributed by atoms with van der Waals surface area (Å²) in [6.45, 7) is 6.17. The summed E-state index contributed by atoms with van der Waals surface area (Å²) in [5, 5.41) is 5.02. The number of carbonyl (C=O) groups is 2. The number of amides is 2. The Kier molecular flexibility index (Phi) is 7.27. The van der Waals surface area contributed by atoms with Gasteiger partial charge in [0.1, 0.15) is 31.5 Å². The molecule has 34 heavy (non-hydrogen) atoms. The second-order valence-corrected chi connectivity index (χ2v) is 9.78. The lowest BCUT2D eigenvalue weighted by molar-refractivity contribution is -0.963. The van der Waals surface area contributed by atoms with Gasteiger partial charge in [0.05, 0.1) is 0 Å². The molecule has 1 fully saturated rings. The van der Waals surface area contributed by atoms with Gasteiger partial charge in [-0.05, 0) is 47.4 Å². The Morgan fingerprint density at radius 3 is 2.38 bits per heavy atom. The second kappa shape index (κ2) is 10.3. The van der Waals surface area contributed by atoms with E-state index in [9.17, 15) is 14.0 Å². The van der Waals surface area contributed by atoms with Crippen LogP contribution in [0.4, 0.5) is 4.39 Å². The van der Waals surface area contributed by atoms with Crippen LogP contribution in [0, 0.1) is 11.7 Å². The zero-order valence-electron chi connectivity index (χ0n) is 19.9. The Hall–Kier alpha value is -3.25. The molecule has 1 aliphatic rings. The van der Waals surface area contributed by atoms with Crippen molar-refractivity contribution >= 4 is 22.6 Å². The van der Waals surface area contributed by atoms with Crippen LogP contribution in [0.15, 0.2) is 66.7 Å². The van der Waals surface area contributed by atoms with Crippen LogP contribution in [0.1, 0.15) is 49.0 Å². The van der Waals surface area contributed by atoms with Crippen molar-refractivity contribution in [3.63, 3.8) is 0 Å². The van der Waals surface area contributed by atoms with Crippen molar-refractivity contribution in [3.05, 3.63) is 83.7 Å². The van der Waals surface area contributed by atoms with Gasteiger partial charge in [-0.3, -0.25) is 9.59 Å². The van der Waals surface area contributed by atoms with Gasteiger partial charge >= 0.3 is 0 Å². The van der Waals surface area contributed by atoms with E-state index in [1.807, 2.05) is 56.3 Å². The predicted molar refractivity (Wildman–Crippen MR) is 132 cm³/mol. The van der Waals surface area contributed by atoms with Crippen molar-refractivity contribution in [2.45, 2.75) is 45.7 Å². The summed E-state index contributed by atoms with van der Waals surface area (Å²) in [5.41, 5.74) is 4.60. The molecule has 4 rings (SSSR count). The Labute approximate surface area is 200 Å². The number of nitrogens with zero attached hydrogens (tertiary/aromatic N) is 1. The smallest absolute Gasteiger partial charge is 0.287 e. The van der Waals surface area contributed by atoms with E-state index in [0.717, 1.165) is 42.3 Å². The highest BCUT2D eigenvalue weighted by Crippen LogP contribution is 2.22. The van der Waals surface area contributed by atoms with Gasteiger partial charge in [-0.2, -0.15) is 5.43 Å². The molecule has 1 aliphatic heterocycles. The molecule has 178 valence electrons. The maximum Gasteiger partial charge on any atom is 0.287 e. The van der Waals surface area contributed by atoms with Crippen molar-refractivity contribution in [1.82, 2.24) is 10.7 Å². The average Bonchev–Trinajstić information content (AvgIpc) is 3.25. The minimum absolute atomic E-state index is 0.193. The van der Waals surface area contributed by atoms with Gasteiger partial charge in [0.25, 0.3) is 11.8 Å². The van der Waals surface area contributed by atoms with Crippen LogP contribution in [0.3, 0.4) is 0 Å². The molecule has 3 aromatic rings. The first kappa shape index (κ1) is 23.9. The van der Waals surface area contributed by atoms with Crippen molar-refractivity contribution in [2.75, 3.05) is 13.1 Å². The maximum atomic E-state index is 13.8. The van der Waals surface area contributed by atoms with Gasteiger partial charge < -0.3 is 5.32 Å². The number of benzene rings is 3. The first-order valence-electron chi connectivity index (χ1n) is 12.1. The average molecular weight is 463 g/mol. The molecule has 5 nitrogen and oxygen atoms in total. The Balaban J connectivity index is 1.51. The number of carbonyl (C=O) groups excluding carboxylic acids is 2. The highest BCUT2D eigenvalue weighted by atomic mass is 19.1. The van der Waals surface area contributed by atoms with Gasteiger partial charge in [-0.15, -0.1) is 0 Å². The summed E-state index contributed by atoms with van der Waals surface area (Å²) >= 11 is 0. The normalized spacial score (nSPS) is 15.9. The number of quaternary nitrogens is 1. The van der Waals surface area contributed by atoms with Gasteiger partial charge in [-0.1, -0.05) is 56.3 Å². The largest absolute Gasteiger partial charge is 0.340 e. The van der Waals surface area contributed by atoms with E-state index < -0.39 is 6.04 Å². The molecule has 0 saturated carbocycles. The number of likely N-dealkylation sites (tertiary alicyclic amines) is 1. The molecule has 1 heterocycles. The molecule has 0 spiro atoms. The number of rotatable bonds is 8. The summed E-state index contributed by atoms with van der Waals surface area (Å²) in [6, 6.07) is 19.3. The van der Waals surface area contributed by atoms with Gasteiger partial charge in [-0.25, -0.2) is 8.98 Å². The fourth-order valence-electron chi connectivity index (χ4n) is 4.82. The molecule has 0 unspecified atom stereocenters. The van der Waals surface area contributed by atoms with Crippen LogP contribution in [0.2, 0.25) is 0 Å². The third kappa shape index (κ3) is 5.81. The summed E-state index contributed by atoms with van der Waals surface area (Å²) in [6.07, 6.45) is 2.52. The Morgan fingerprint density at radius 2 is 1.68 bits per heavy atom. The van der Waals surface area contributed by atoms with E-state index in [-0.39, 0.29) is 23.5 Å². The molecule has 3 aromatic carbocycles. The van der Waals surface area contributed by atoms with Gasteiger partial charge in [0, 0.05) is 24.0 Å². The molecule has 0 aromatic heterocycles. The number of nitrogens with one attached hydrogen (secondary N) is 2. The molecule has 1 saturated heterocycles. The fraction of sp³-hybridized carbons (Fsp3) is 0.357. The summed E-state index contributed by atoms with van der Waals surface area (Å²) in [7, 11) is 0. The summed E-state index contributed by atoms with van der Waals surface area (Å²) in [4.78, 5) is 26.6. The second-order valence-electron chi connectivity index (χ2n) is 9.78. The van der Waals surface area contributed by atoms with Gasteiger partial charge in [0.2, 0.25) is 0 Å². The third-order valence-corrected chi connectivity index (χ3v) is 6.48. The molecule has 2 N–H and O–H groups in total. The lowest BCUT2D eigenvalue weighted by Crippen LogP contribution is -2.62. The standard InChI is InChI=1S/C28H32FN3O2/c1-20(2)16-26(30-27(33)24-13-12-22-9-3-4-10-23(22)18-24)28(34)31-32(14-5-6-15-32)19-21-8-7-11-25(29)17-21/h3-4,7-13,17-18,20,26H,5-6,14-16,19H2,1-2H3,(H-,30,31,33,34)/p+1/t26-/m0/s1. The molecule has 2 amide bonds. The first-order chi connectivity index (χ1) is 16.3. The van der Waals surface area contributed by atoms with Crippen LogP contribution in [0.5, 0.6) is 0 Å². The van der Waals surface area contributed by atoms with Crippen molar-refractivity contribution in [3.8, 4) is 0 Å². The highest BCUT2D eigenvalue weighted by molar-refractivity contribution is 6.00. The third-order valence-electron chi connectivity index (χ3n) is 6.48. The zero-order valence-corrected chi connectivity index (χ0v) is 19.9. The Morgan fingerprint density at radius 1 is 0.941 bits per heavy atom. The molecular weight excluding hydrogens is 429 g/mol. The van der Waals surface area contributed by atoms with Gasteiger partial charge in [0.15, 0.2) is 0 Å². The molecule has 6 heteroatoms. The number of hydrogen-bond donors (Lipinski definition) is 2. The minimum atomic E-state index is -0.651. The van der Waals surface area contributed by atoms with E-state index in [0.29, 0.717) is 23.1 Å². The Bertz CT molecular complexity index is 1170. The lowest BCUT2D eigenvalue weighted by Gasteiger charge is -2.35. The van der Waals surface area contributed by atoms with Crippen LogP contribution in [0.25, 0.3) is 10.8 Å². The minimum Gasteiger partial charge on any atom is -0.340 e. The van der Waals surface area contributed by atoms with E-state index in [1.165, 1.54) is 12.1 Å². The van der Waals surface area contributed by atoms with Crippen molar-refractivity contribution in [2.24, 2.45) is 5.92 Å². The molecule has 1 atom stereocenters. The summed E-state index contributed by atoms with van der Waals surface area (Å²) in [5.74, 6) is -0.504. The van der Waals surface area contributed by atoms with Crippen LogP contribution >= 0.6 is 0 Å². The molecule has 0 radical (unpaired) electrons. The van der Waals surface area contributed by atoms with E-state index in [1.54, 1.807) is 12.1 Å². The quantitative estimate of drug-likeness (QED) is 0.465.